The van der Waals surface area contributed by atoms with Crippen molar-refractivity contribution in [2.75, 3.05) is 28.4 Å². The van der Waals surface area contributed by atoms with E-state index in [9.17, 15) is 39.0 Å². The molecule has 2 aliphatic rings. The summed E-state index contributed by atoms with van der Waals surface area (Å²) in [5.74, 6) is -7.06. The normalized spacial score (nSPS) is 12.9. The fourth-order valence-electron chi connectivity index (χ4n) is 6.49. The number of fused-ring (bicyclic) bond motifs is 4. The van der Waals surface area contributed by atoms with Crippen molar-refractivity contribution >= 4 is 35.1 Å². The van der Waals surface area contributed by atoms with Crippen LogP contribution in [0.3, 0.4) is 0 Å². The summed E-state index contributed by atoms with van der Waals surface area (Å²) in [6, 6.07) is 7.60. The number of hydrogen-bond acceptors (Lipinski definition) is 12. The lowest BCUT2D eigenvalue weighted by molar-refractivity contribution is 0.0587. The number of aromatic hydroxyl groups is 2. The molecule has 12 heteroatoms. The fourth-order valence-corrected chi connectivity index (χ4v) is 6.49. The van der Waals surface area contributed by atoms with Gasteiger partial charge >= 0.3 is 11.9 Å². The number of esters is 2. The second-order valence-electron chi connectivity index (χ2n) is 11.2. The van der Waals surface area contributed by atoms with E-state index in [-0.39, 0.29) is 67.1 Å². The van der Waals surface area contributed by atoms with Crippen molar-refractivity contribution in [3.8, 4) is 34.1 Å². The molecule has 242 valence electrons. The van der Waals surface area contributed by atoms with Gasteiger partial charge in [0.15, 0.2) is 23.1 Å². The number of ketones is 4. The van der Waals surface area contributed by atoms with E-state index in [1.807, 2.05) is 0 Å². The van der Waals surface area contributed by atoms with Crippen molar-refractivity contribution in [2.45, 2.75) is 13.8 Å². The van der Waals surface area contributed by atoms with E-state index in [4.69, 9.17) is 18.9 Å². The number of benzene rings is 4. The summed E-state index contributed by atoms with van der Waals surface area (Å²) < 4.78 is 21.3. The van der Waals surface area contributed by atoms with E-state index in [2.05, 4.69) is 0 Å². The standard InChI is InChI=1S/C36H26O12/c1-13-7-15-23(21(37)9-13)31(41)25-17(29(15)39)11-19(35(43)47-5)33(45-3)27(25)28-26-18(12-20(34(28)46-4)36(44)48-6)30(40)16-8-14(2)10-22(38)24(16)32(26)42/h7-12,37-38H,1-6H3. The van der Waals surface area contributed by atoms with Gasteiger partial charge in [-0.25, -0.2) is 9.59 Å². The molecule has 0 saturated carbocycles. The molecule has 0 spiro atoms. The smallest absolute Gasteiger partial charge is 0.341 e. The van der Waals surface area contributed by atoms with Gasteiger partial charge in [0.05, 0.1) is 39.6 Å². The highest BCUT2D eigenvalue weighted by atomic mass is 16.5. The Hall–Kier alpha value is -6.30. The maximum atomic E-state index is 14.5. The summed E-state index contributed by atoms with van der Waals surface area (Å²) in [6.45, 7) is 3.22. The minimum atomic E-state index is -0.994. The number of aryl methyl sites for hydroxylation is 2. The summed E-state index contributed by atoms with van der Waals surface area (Å²) in [7, 11) is 4.46. The SMILES string of the molecule is COC(=O)c1cc2c(c(-c3c(OC)c(C(=O)OC)cc4c3C(=O)c3c(O)cc(C)cc3C4=O)c1OC)C(=O)c1c(O)cc(C)cc1C2=O. The van der Waals surface area contributed by atoms with Crippen LogP contribution < -0.4 is 9.47 Å². The molecule has 0 aliphatic heterocycles. The molecule has 0 heterocycles. The molecular formula is C36H26O12. The zero-order valence-corrected chi connectivity index (χ0v) is 26.4. The van der Waals surface area contributed by atoms with Gasteiger partial charge in [-0.3, -0.25) is 19.2 Å². The Labute approximate surface area is 272 Å². The van der Waals surface area contributed by atoms with Crippen LogP contribution in [-0.2, 0) is 9.47 Å². The van der Waals surface area contributed by atoms with Crippen molar-refractivity contribution in [3.05, 3.63) is 103 Å². The fraction of sp³-hybridized carbons (Fsp3) is 0.167. The first-order valence-corrected chi connectivity index (χ1v) is 14.3. The molecule has 6 rings (SSSR count). The predicted molar refractivity (Wildman–Crippen MR) is 167 cm³/mol. The third-order valence-electron chi connectivity index (χ3n) is 8.44. The van der Waals surface area contributed by atoms with Gasteiger partial charge in [-0.1, -0.05) is 0 Å². The average Bonchev–Trinajstić information content (AvgIpc) is 3.06. The van der Waals surface area contributed by atoms with Crippen molar-refractivity contribution < 1.29 is 57.9 Å². The summed E-state index contributed by atoms with van der Waals surface area (Å²) in [4.78, 5) is 83.6. The molecule has 4 aromatic rings. The predicted octanol–water partition coefficient (Wildman–Crippen LogP) is 4.52. The molecule has 0 radical (unpaired) electrons. The van der Waals surface area contributed by atoms with Crippen LogP contribution in [-0.4, -0.2) is 73.7 Å². The molecule has 0 unspecified atom stereocenters. The molecule has 0 aromatic heterocycles. The van der Waals surface area contributed by atoms with Gasteiger partial charge in [0, 0.05) is 44.5 Å². The minimum Gasteiger partial charge on any atom is -0.507 e. The Bertz CT molecular complexity index is 2070. The minimum absolute atomic E-state index is 0.144. The van der Waals surface area contributed by atoms with Gasteiger partial charge in [0.25, 0.3) is 0 Å². The van der Waals surface area contributed by atoms with Crippen molar-refractivity contribution in [1.29, 1.82) is 0 Å². The molecule has 48 heavy (non-hydrogen) atoms. The highest BCUT2D eigenvalue weighted by molar-refractivity contribution is 6.35. The number of phenolic OH excluding ortho intramolecular Hbond substituents is 2. The highest BCUT2D eigenvalue weighted by Gasteiger charge is 2.44. The van der Waals surface area contributed by atoms with E-state index in [0.29, 0.717) is 11.1 Å². The number of hydrogen-bond donors (Lipinski definition) is 2. The van der Waals surface area contributed by atoms with Crippen molar-refractivity contribution in [3.63, 3.8) is 0 Å². The van der Waals surface area contributed by atoms with E-state index >= 15 is 0 Å². The van der Waals surface area contributed by atoms with E-state index < -0.39 is 57.7 Å². The number of phenols is 2. The van der Waals surface area contributed by atoms with Crippen LogP contribution in [0.2, 0.25) is 0 Å². The molecule has 0 saturated heterocycles. The quantitative estimate of drug-likeness (QED) is 0.250. The third kappa shape index (κ3) is 4.29. The lowest BCUT2D eigenvalue weighted by atomic mass is 9.74. The van der Waals surface area contributed by atoms with Crippen LogP contribution in [0, 0.1) is 13.8 Å². The number of rotatable bonds is 5. The number of ether oxygens (including phenoxy) is 4. The Morgan fingerprint density at radius 3 is 1.12 bits per heavy atom. The monoisotopic (exact) mass is 650 g/mol. The molecular weight excluding hydrogens is 624 g/mol. The van der Waals surface area contributed by atoms with Gasteiger partial charge < -0.3 is 29.2 Å². The number of carbonyl (C=O) groups is 6. The summed E-state index contributed by atoms with van der Waals surface area (Å²) in [5, 5.41) is 21.8. The average molecular weight is 651 g/mol. The zero-order valence-electron chi connectivity index (χ0n) is 26.4. The molecule has 0 amide bonds. The Kier molecular flexibility index (Phi) is 7.39. The second-order valence-corrected chi connectivity index (χ2v) is 11.2. The largest absolute Gasteiger partial charge is 0.507 e. The van der Waals surface area contributed by atoms with Crippen LogP contribution in [0.25, 0.3) is 11.1 Å². The molecule has 2 N–H and O–H groups in total. The maximum Gasteiger partial charge on any atom is 0.341 e. The Balaban J connectivity index is 1.88. The van der Waals surface area contributed by atoms with Crippen LogP contribution in [0.15, 0.2) is 36.4 Å². The van der Waals surface area contributed by atoms with Crippen LogP contribution in [0.4, 0.5) is 0 Å². The zero-order chi connectivity index (χ0) is 34.9. The topological polar surface area (TPSA) is 180 Å². The van der Waals surface area contributed by atoms with Gasteiger partial charge in [-0.05, 0) is 61.4 Å². The van der Waals surface area contributed by atoms with Crippen LogP contribution >= 0.6 is 0 Å². The first kappa shape index (κ1) is 31.7. The van der Waals surface area contributed by atoms with Crippen molar-refractivity contribution in [2.24, 2.45) is 0 Å². The number of methoxy groups -OCH3 is 4. The van der Waals surface area contributed by atoms with Crippen LogP contribution in [0.1, 0.15) is 95.5 Å². The van der Waals surface area contributed by atoms with E-state index in [1.54, 1.807) is 13.8 Å². The third-order valence-corrected chi connectivity index (χ3v) is 8.44. The van der Waals surface area contributed by atoms with Gasteiger partial charge in [-0.2, -0.15) is 0 Å². The Morgan fingerprint density at radius 1 is 0.479 bits per heavy atom. The van der Waals surface area contributed by atoms with Gasteiger partial charge in [-0.15, -0.1) is 0 Å². The van der Waals surface area contributed by atoms with Crippen molar-refractivity contribution in [1.82, 2.24) is 0 Å². The molecule has 0 fully saturated rings. The molecule has 4 aromatic carbocycles. The molecule has 12 nitrogen and oxygen atoms in total. The summed E-state index contributed by atoms with van der Waals surface area (Å²) in [5.41, 5.74) is -2.98. The first-order chi connectivity index (χ1) is 22.8. The second kappa shape index (κ2) is 11.2. The first-order valence-electron chi connectivity index (χ1n) is 14.3. The van der Waals surface area contributed by atoms with Crippen LogP contribution in [0.5, 0.6) is 23.0 Å². The lowest BCUT2D eigenvalue weighted by Crippen LogP contribution is -2.27. The molecule has 2 aliphatic carbocycles. The van der Waals surface area contributed by atoms with E-state index in [1.165, 1.54) is 24.3 Å². The Morgan fingerprint density at radius 2 is 0.812 bits per heavy atom. The number of carbonyl (C=O) groups excluding carboxylic acids is 6. The molecule has 0 bridgehead atoms. The lowest BCUT2D eigenvalue weighted by Gasteiger charge is -2.29. The summed E-state index contributed by atoms with van der Waals surface area (Å²) >= 11 is 0. The summed E-state index contributed by atoms with van der Waals surface area (Å²) in [6.07, 6.45) is 0. The van der Waals surface area contributed by atoms with Gasteiger partial charge in [0.1, 0.15) is 34.1 Å². The van der Waals surface area contributed by atoms with E-state index in [0.717, 1.165) is 40.6 Å². The highest BCUT2D eigenvalue weighted by Crippen LogP contribution is 2.52. The maximum absolute atomic E-state index is 14.5. The van der Waals surface area contributed by atoms with Gasteiger partial charge in [0.2, 0.25) is 0 Å². The molecule has 0 atom stereocenters.